The third-order valence-corrected chi connectivity index (χ3v) is 7.42. The Hall–Kier alpha value is -3.37. The van der Waals surface area contributed by atoms with E-state index in [1.54, 1.807) is 24.3 Å². The van der Waals surface area contributed by atoms with E-state index in [0.717, 1.165) is 21.7 Å². The van der Waals surface area contributed by atoms with Crippen molar-refractivity contribution >= 4 is 43.8 Å². The van der Waals surface area contributed by atoms with E-state index in [4.69, 9.17) is 9.47 Å². The quantitative estimate of drug-likeness (QED) is 0.235. The average Bonchev–Trinajstić information content (AvgIpc) is 2.86. The molecule has 0 aliphatic rings. The third-order valence-electron chi connectivity index (χ3n) is 5.69. The van der Waals surface area contributed by atoms with Gasteiger partial charge in [-0.05, 0) is 69.7 Å². The monoisotopic (exact) mass is 601 g/mol. The number of hydrogen-bond acceptors (Lipinski definition) is 6. The number of hydrazone groups is 1. The van der Waals surface area contributed by atoms with Gasteiger partial charge in [-0.1, -0.05) is 55.8 Å². The average molecular weight is 603 g/mol. The summed E-state index contributed by atoms with van der Waals surface area (Å²) in [4.78, 5) is 12.5. The summed E-state index contributed by atoms with van der Waals surface area (Å²) in [5.41, 5.74) is 6.71. The van der Waals surface area contributed by atoms with Crippen molar-refractivity contribution in [1.82, 2.24) is 5.43 Å². The highest BCUT2D eigenvalue weighted by molar-refractivity contribution is 9.10. The first-order valence-corrected chi connectivity index (χ1v) is 14.6. The summed E-state index contributed by atoms with van der Waals surface area (Å²) in [6.07, 6.45) is 2.50. The second-order valence-electron chi connectivity index (χ2n) is 9.12. The van der Waals surface area contributed by atoms with Gasteiger partial charge >= 0.3 is 0 Å². The van der Waals surface area contributed by atoms with Gasteiger partial charge in [0.15, 0.2) is 11.5 Å². The second-order valence-corrected chi connectivity index (χ2v) is 11.9. The first-order chi connectivity index (χ1) is 18.0. The molecule has 0 bridgehead atoms. The van der Waals surface area contributed by atoms with Crippen LogP contribution in [0.2, 0.25) is 0 Å². The molecule has 0 saturated heterocycles. The van der Waals surface area contributed by atoms with Crippen molar-refractivity contribution in [3.8, 4) is 11.5 Å². The Labute approximate surface area is 232 Å². The van der Waals surface area contributed by atoms with Crippen LogP contribution in [0, 0.1) is 6.92 Å². The van der Waals surface area contributed by atoms with Gasteiger partial charge in [-0.15, -0.1) is 0 Å². The maximum Gasteiger partial charge on any atom is 0.260 e. The number of carbonyl (C=O) groups excluding carboxylic acids is 1. The number of nitrogens with one attached hydrogen (secondary N) is 1. The molecule has 10 heteroatoms. The van der Waals surface area contributed by atoms with Gasteiger partial charge in [0.2, 0.25) is 10.0 Å². The fourth-order valence-electron chi connectivity index (χ4n) is 3.56. The summed E-state index contributed by atoms with van der Waals surface area (Å²) >= 11 is 3.51. The van der Waals surface area contributed by atoms with Crippen LogP contribution in [0.15, 0.2) is 70.2 Å². The standard InChI is InChI=1S/C28H32BrN3O5S/c1-19(2)23-10-12-24(13-11-23)32(38(5,34)35)17-27(33)31-30-16-22-14-25(29)28(26(15-22)36-4)37-18-21-8-6-20(3)7-9-21/h6-16,19H,17-18H2,1-5H3,(H,31,33)/b30-16-. The smallest absolute Gasteiger partial charge is 0.260 e. The lowest BCUT2D eigenvalue weighted by atomic mass is 10.0. The Balaban J connectivity index is 1.67. The maximum atomic E-state index is 12.5. The van der Waals surface area contributed by atoms with Gasteiger partial charge in [-0.2, -0.15) is 5.10 Å². The Bertz CT molecular complexity index is 1390. The highest BCUT2D eigenvalue weighted by Crippen LogP contribution is 2.37. The number of benzene rings is 3. The molecule has 3 rings (SSSR count). The van der Waals surface area contributed by atoms with E-state index in [-0.39, 0.29) is 0 Å². The number of hydrogen-bond donors (Lipinski definition) is 1. The molecule has 8 nitrogen and oxygen atoms in total. The molecule has 0 unspecified atom stereocenters. The van der Waals surface area contributed by atoms with Crippen LogP contribution in [0.1, 0.15) is 42.0 Å². The van der Waals surface area contributed by atoms with E-state index in [0.29, 0.717) is 39.7 Å². The number of ether oxygens (including phenoxy) is 2. The number of amides is 1. The number of carbonyl (C=O) groups is 1. The minimum atomic E-state index is -3.69. The fraction of sp³-hybridized carbons (Fsp3) is 0.286. The molecule has 1 N–H and O–H groups in total. The van der Waals surface area contributed by atoms with Crippen LogP contribution in [0.5, 0.6) is 11.5 Å². The number of methoxy groups -OCH3 is 1. The molecule has 0 radical (unpaired) electrons. The molecule has 1 amide bonds. The summed E-state index contributed by atoms with van der Waals surface area (Å²) in [7, 11) is -2.15. The zero-order valence-electron chi connectivity index (χ0n) is 22.1. The normalized spacial score (nSPS) is 11.6. The third kappa shape index (κ3) is 8.06. The number of halogens is 1. The predicted octanol–water partition coefficient (Wildman–Crippen LogP) is 5.38. The minimum absolute atomic E-state index is 0.306. The zero-order valence-corrected chi connectivity index (χ0v) is 24.5. The van der Waals surface area contributed by atoms with Crippen molar-refractivity contribution in [2.24, 2.45) is 5.10 Å². The van der Waals surface area contributed by atoms with E-state index < -0.39 is 22.5 Å². The summed E-state index contributed by atoms with van der Waals surface area (Å²) in [6, 6.07) is 18.7. The molecule has 3 aromatic rings. The lowest BCUT2D eigenvalue weighted by Gasteiger charge is -2.21. The molecule has 0 spiro atoms. The predicted molar refractivity (Wildman–Crippen MR) is 155 cm³/mol. The SMILES string of the molecule is COc1cc(/C=N\NC(=O)CN(c2ccc(C(C)C)cc2)S(C)(=O)=O)cc(Br)c1OCc1ccc(C)cc1. The highest BCUT2D eigenvalue weighted by atomic mass is 79.9. The fourth-order valence-corrected chi connectivity index (χ4v) is 4.99. The van der Waals surface area contributed by atoms with Crippen LogP contribution in [-0.4, -0.2) is 40.4 Å². The van der Waals surface area contributed by atoms with Crippen molar-refractivity contribution in [3.05, 3.63) is 87.4 Å². The molecule has 202 valence electrons. The Morgan fingerprint density at radius 1 is 1.11 bits per heavy atom. The number of sulfonamides is 1. The first kappa shape index (κ1) is 29.2. The maximum absolute atomic E-state index is 12.5. The molecule has 0 aliphatic heterocycles. The molecule has 0 atom stereocenters. The molecule has 0 heterocycles. The van der Waals surface area contributed by atoms with Gasteiger partial charge in [0.25, 0.3) is 5.91 Å². The van der Waals surface area contributed by atoms with Crippen LogP contribution >= 0.6 is 15.9 Å². The van der Waals surface area contributed by atoms with E-state index in [2.05, 4.69) is 40.3 Å². The van der Waals surface area contributed by atoms with Crippen molar-refractivity contribution in [2.45, 2.75) is 33.3 Å². The van der Waals surface area contributed by atoms with Crippen molar-refractivity contribution in [3.63, 3.8) is 0 Å². The summed E-state index contributed by atoms with van der Waals surface area (Å²) in [5, 5.41) is 3.99. The van der Waals surface area contributed by atoms with E-state index in [9.17, 15) is 13.2 Å². The van der Waals surface area contributed by atoms with Gasteiger partial charge in [0.05, 0.1) is 29.7 Å². The Morgan fingerprint density at radius 2 is 1.76 bits per heavy atom. The van der Waals surface area contributed by atoms with E-state index in [1.807, 2.05) is 43.3 Å². The number of aryl methyl sites for hydroxylation is 1. The molecule has 0 aromatic heterocycles. The molecular weight excluding hydrogens is 570 g/mol. The van der Waals surface area contributed by atoms with Gasteiger partial charge < -0.3 is 9.47 Å². The molecule has 0 saturated carbocycles. The van der Waals surface area contributed by atoms with Gasteiger partial charge in [-0.25, -0.2) is 13.8 Å². The Morgan fingerprint density at radius 3 is 2.34 bits per heavy atom. The first-order valence-electron chi connectivity index (χ1n) is 11.9. The van der Waals surface area contributed by atoms with Crippen LogP contribution in [0.25, 0.3) is 0 Å². The molecule has 3 aromatic carbocycles. The molecule has 0 fully saturated rings. The van der Waals surface area contributed by atoms with Crippen molar-refractivity contribution in [2.75, 3.05) is 24.2 Å². The summed E-state index contributed by atoms with van der Waals surface area (Å²) in [6.45, 7) is 6.09. The van der Waals surface area contributed by atoms with Crippen LogP contribution in [0.4, 0.5) is 5.69 Å². The van der Waals surface area contributed by atoms with Crippen molar-refractivity contribution in [1.29, 1.82) is 0 Å². The summed E-state index contributed by atoms with van der Waals surface area (Å²) < 4.78 is 37.9. The highest BCUT2D eigenvalue weighted by Gasteiger charge is 2.21. The summed E-state index contributed by atoms with van der Waals surface area (Å²) in [5.74, 6) is 0.762. The number of rotatable bonds is 11. The zero-order chi connectivity index (χ0) is 27.9. The second kappa shape index (κ2) is 12.9. The molecular formula is C28H32BrN3O5S. The molecule has 38 heavy (non-hydrogen) atoms. The number of nitrogens with zero attached hydrogens (tertiary/aromatic N) is 2. The van der Waals surface area contributed by atoms with Crippen molar-refractivity contribution < 1.29 is 22.7 Å². The van der Waals surface area contributed by atoms with E-state index in [1.165, 1.54) is 18.9 Å². The van der Waals surface area contributed by atoms with E-state index >= 15 is 0 Å². The lowest BCUT2D eigenvalue weighted by molar-refractivity contribution is -0.119. The minimum Gasteiger partial charge on any atom is -0.493 e. The Kier molecular flexibility index (Phi) is 9.93. The van der Waals surface area contributed by atoms with Gasteiger partial charge in [0, 0.05) is 0 Å². The van der Waals surface area contributed by atoms with Crippen LogP contribution in [-0.2, 0) is 21.4 Å². The molecule has 0 aliphatic carbocycles. The number of anilines is 1. The van der Waals surface area contributed by atoms with Gasteiger partial charge in [0.1, 0.15) is 13.2 Å². The lowest BCUT2D eigenvalue weighted by Crippen LogP contribution is -2.39. The topological polar surface area (TPSA) is 97.3 Å². The largest absolute Gasteiger partial charge is 0.493 e. The van der Waals surface area contributed by atoms with Gasteiger partial charge in [-0.3, -0.25) is 9.10 Å². The van der Waals surface area contributed by atoms with Crippen LogP contribution < -0.4 is 19.2 Å². The van der Waals surface area contributed by atoms with Crippen LogP contribution in [0.3, 0.4) is 0 Å².